The molecule has 0 radical (unpaired) electrons. The Balaban J connectivity index is 1.52. The molecule has 3 heteroatoms. The molecule has 4 heterocycles. The van der Waals surface area contributed by atoms with Crippen molar-refractivity contribution in [3.05, 3.63) is 96.2 Å². The summed E-state index contributed by atoms with van der Waals surface area (Å²) in [5.74, 6) is 0. The van der Waals surface area contributed by atoms with Gasteiger partial charge in [0.1, 0.15) is 11.2 Å². The lowest BCUT2D eigenvalue weighted by molar-refractivity contribution is 0.670. The number of hydrogen-bond acceptors (Lipinski definition) is 2. The number of furan rings is 1. The van der Waals surface area contributed by atoms with Crippen LogP contribution in [-0.2, 0) is 0 Å². The number of rotatable bonds is 1. The molecule has 0 aliphatic carbocycles. The minimum Gasteiger partial charge on any atom is -0.455 e. The van der Waals surface area contributed by atoms with Crippen LogP contribution >= 0.6 is 0 Å². The molecule has 0 unspecified atom stereocenters. The molecule has 4 aromatic heterocycles. The predicted octanol–water partition coefficient (Wildman–Crippen LogP) is 8.41. The first-order chi connectivity index (χ1) is 16.7. The van der Waals surface area contributed by atoms with E-state index in [1.807, 2.05) is 6.20 Å². The van der Waals surface area contributed by atoms with E-state index in [4.69, 9.17) is 9.40 Å². The van der Waals surface area contributed by atoms with Gasteiger partial charge < -0.3 is 8.82 Å². The highest BCUT2D eigenvalue weighted by Crippen LogP contribution is 2.43. The SMILES string of the molecule is Cc1cnc(-c2cccc3c2oc2cc4c(cc23)c2cccc3c5ccccc5n4c32)cc1C. The van der Waals surface area contributed by atoms with Crippen molar-refractivity contribution < 1.29 is 4.42 Å². The Morgan fingerprint density at radius 1 is 0.647 bits per heavy atom. The molecular weight excluding hydrogens is 416 g/mol. The molecule has 0 saturated carbocycles. The molecular formula is C31H20N2O. The average Bonchev–Trinajstić information content (AvgIpc) is 3.50. The maximum atomic E-state index is 6.56. The standard InChI is InChI=1S/C31H20N2O/c1-17-13-26(32-16-18(17)2)23-11-6-10-22-25-14-24-21-9-5-8-20-19-7-3-4-12-27(19)33(30(20)21)28(24)15-29(25)34-31(22)23/h3-16H,1-2H3. The molecule has 0 atom stereocenters. The molecule has 160 valence electrons. The number of hydrogen-bond donors (Lipinski definition) is 0. The molecule has 8 aromatic rings. The largest absolute Gasteiger partial charge is 0.455 e. The Hall–Kier alpha value is -4.37. The molecule has 0 aliphatic rings. The zero-order valence-electron chi connectivity index (χ0n) is 18.9. The number of pyridine rings is 1. The van der Waals surface area contributed by atoms with Gasteiger partial charge in [0.2, 0.25) is 0 Å². The molecule has 0 bridgehead atoms. The van der Waals surface area contributed by atoms with Gasteiger partial charge in [0, 0.05) is 50.1 Å². The van der Waals surface area contributed by atoms with E-state index in [1.165, 1.54) is 49.2 Å². The van der Waals surface area contributed by atoms with Crippen LogP contribution in [0.2, 0.25) is 0 Å². The van der Waals surface area contributed by atoms with Crippen LogP contribution in [-0.4, -0.2) is 9.38 Å². The lowest BCUT2D eigenvalue weighted by Gasteiger charge is -2.05. The smallest absolute Gasteiger partial charge is 0.144 e. The zero-order chi connectivity index (χ0) is 22.6. The summed E-state index contributed by atoms with van der Waals surface area (Å²) in [6.45, 7) is 4.22. The van der Waals surface area contributed by atoms with Crippen molar-refractivity contribution in [3.8, 4) is 11.3 Å². The number of aromatic nitrogens is 2. The van der Waals surface area contributed by atoms with Crippen molar-refractivity contribution in [2.24, 2.45) is 0 Å². The minimum atomic E-state index is 0.896. The number of para-hydroxylation sites is 3. The van der Waals surface area contributed by atoms with Crippen LogP contribution in [0.25, 0.3) is 71.3 Å². The molecule has 0 N–H and O–H groups in total. The fraction of sp³-hybridized carbons (Fsp3) is 0.0645. The van der Waals surface area contributed by atoms with Crippen LogP contribution in [0.15, 0.2) is 89.5 Å². The molecule has 0 saturated heterocycles. The highest BCUT2D eigenvalue weighted by molar-refractivity contribution is 6.25. The zero-order valence-corrected chi connectivity index (χ0v) is 18.9. The van der Waals surface area contributed by atoms with E-state index >= 15 is 0 Å². The summed E-state index contributed by atoms with van der Waals surface area (Å²) >= 11 is 0. The van der Waals surface area contributed by atoms with Crippen molar-refractivity contribution in [1.29, 1.82) is 0 Å². The second kappa shape index (κ2) is 6.15. The first-order valence-corrected chi connectivity index (χ1v) is 11.6. The summed E-state index contributed by atoms with van der Waals surface area (Å²) in [4.78, 5) is 4.71. The van der Waals surface area contributed by atoms with E-state index in [9.17, 15) is 0 Å². The summed E-state index contributed by atoms with van der Waals surface area (Å²) in [7, 11) is 0. The third-order valence-electron chi connectivity index (χ3n) is 7.49. The van der Waals surface area contributed by atoms with Crippen LogP contribution in [0.4, 0.5) is 0 Å². The van der Waals surface area contributed by atoms with E-state index < -0.39 is 0 Å². The fourth-order valence-corrected chi connectivity index (χ4v) is 5.69. The first-order valence-electron chi connectivity index (χ1n) is 11.6. The van der Waals surface area contributed by atoms with E-state index in [0.717, 1.165) is 33.2 Å². The third kappa shape index (κ3) is 2.14. The summed E-state index contributed by atoms with van der Waals surface area (Å²) in [6, 6.07) is 28.3. The van der Waals surface area contributed by atoms with E-state index in [0.29, 0.717) is 0 Å². The average molecular weight is 437 g/mol. The molecule has 0 spiro atoms. The summed E-state index contributed by atoms with van der Waals surface area (Å²) < 4.78 is 8.96. The highest BCUT2D eigenvalue weighted by atomic mass is 16.3. The van der Waals surface area contributed by atoms with Gasteiger partial charge in [-0.25, -0.2) is 0 Å². The lowest BCUT2D eigenvalue weighted by Crippen LogP contribution is -1.88. The Kier molecular flexibility index (Phi) is 3.27. The summed E-state index contributed by atoms with van der Waals surface area (Å²) in [5, 5.41) is 7.41. The Morgan fingerprint density at radius 3 is 2.29 bits per heavy atom. The number of aryl methyl sites for hydroxylation is 2. The van der Waals surface area contributed by atoms with Crippen molar-refractivity contribution in [3.63, 3.8) is 0 Å². The highest BCUT2D eigenvalue weighted by Gasteiger charge is 2.20. The molecule has 0 amide bonds. The topological polar surface area (TPSA) is 30.4 Å². The fourth-order valence-electron chi connectivity index (χ4n) is 5.69. The Morgan fingerprint density at radius 2 is 1.41 bits per heavy atom. The van der Waals surface area contributed by atoms with Gasteiger partial charge in [-0.15, -0.1) is 0 Å². The lowest BCUT2D eigenvalue weighted by atomic mass is 10.0. The summed E-state index contributed by atoms with van der Waals surface area (Å²) in [5.41, 5.74) is 9.92. The number of nitrogens with zero attached hydrogens (tertiary/aromatic N) is 2. The van der Waals surface area contributed by atoms with Crippen LogP contribution in [0, 0.1) is 13.8 Å². The molecule has 34 heavy (non-hydrogen) atoms. The predicted molar refractivity (Wildman–Crippen MR) is 141 cm³/mol. The van der Waals surface area contributed by atoms with Crippen LogP contribution in [0.5, 0.6) is 0 Å². The van der Waals surface area contributed by atoms with Gasteiger partial charge in [-0.1, -0.05) is 48.5 Å². The second-order valence-corrected chi connectivity index (χ2v) is 9.36. The van der Waals surface area contributed by atoms with Gasteiger partial charge >= 0.3 is 0 Å². The normalized spacial score (nSPS) is 12.4. The minimum absolute atomic E-state index is 0.896. The molecule has 0 aliphatic heterocycles. The maximum Gasteiger partial charge on any atom is 0.144 e. The van der Waals surface area contributed by atoms with Crippen LogP contribution in [0.1, 0.15) is 11.1 Å². The Bertz CT molecular complexity index is 2090. The van der Waals surface area contributed by atoms with Crippen molar-refractivity contribution in [2.75, 3.05) is 0 Å². The molecule has 4 aromatic carbocycles. The van der Waals surface area contributed by atoms with Gasteiger partial charge in [0.15, 0.2) is 0 Å². The van der Waals surface area contributed by atoms with E-state index in [2.05, 4.69) is 97.1 Å². The number of benzene rings is 4. The Labute approximate surface area is 195 Å². The maximum absolute atomic E-state index is 6.56. The third-order valence-corrected chi connectivity index (χ3v) is 7.49. The van der Waals surface area contributed by atoms with Gasteiger partial charge in [0.05, 0.1) is 22.2 Å². The second-order valence-electron chi connectivity index (χ2n) is 9.36. The van der Waals surface area contributed by atoms with Crippen molar-refractivity contribution in [1.82, 2.24) is 9.38 Å². The van der Waals surface area contributed by atoms with Crippen LogP contribution < -0.4 is 0 Å². The monoisotopic (exact) mass is 436 g/mol. The quantitative estimate of drug-likeness (QED) is 0.258. The van der Waals surface area contributed by atoms with Crippen molar-refractivity contribution in [2.45, 2.75) is 13.8 Å². The molecule has 0 fully saturated rings. The van der Waals surface area contributed by atoms with Gasteiger partial charge in [-0.2, -0.15) is 0 Å². The van der Waals surface area contributed by atoms with Crippen LogP contribution in [0.3, 0.4) is 0 Å². The summed E-state index contributed by atoms with van der Waals surface area (Å²) in [6.07, 6.45) is 1.94. The first kappa shape index (κ1) is 18.1. The molecule has 8 rings (SSSR count). The van der Waals surface area contributed by atoms with E-state index in [1.54, 1.807) is 0 Å². The van der Waals surface area contributed by atoms with Crippen molar-refractivity contribution >= 4 is 60.0 Å². The van der Waals surface area contributed by atoms with Gasteiger partial charge in [0.25, 0.3) is 0 Å². The van der Waals surface area contributed by atoms with E-state index in [-0.39, 0.29) is 0 Å². The van der Waals surface area contributed by atoms with Gasteiger partial charge in [-0.05, 0) is 49.2 Å². The van der Waals surface area contributed by atoms with Gasteiger partial charge in [-0.3, -0.25) is 4.98 Å². The molecule has 3 nitrogen and oxygen atoms in total. The number of fused-ring (bicyclic) bond motifs is 9.